The van der Waals surface area contributed by atoms with Gasteiger partial charge >= 0.3 is 0 Å². The van der Waals surface area contributed by atoms with Gasteiger partial charge in [-0.2, -0.15) is 4.52 Å². The van der Waals surface area contributed by atoms with Crippen molar-refractivity contribution in [3.05, 3.63) is 83.4 Å². The van der Waals surface area contributed by atoms with Crippen molar-refractivity contribution in [2.45, 2.75) is 30.7 Å². The first-order chi connectivity index (χ1) is 15.4. The molecular formula is C24H21N5O2S. The van der Waals surface area contributed by atoms with E-state index in [2.05, 4.69) is 20.6 Å². The van der Waals surface area contributed by atoms with E-state index in [0.29, 0.717) is 11.3 Å². The van der Waals surface area contributed by atoms with Crippen LogP contribution in [0.25, 0.3) is 16.6 Å². The molecule has 5 rings (SSSR count). The molecule has 0 radical (unpaired) electrons. The zero-order valence-electron chi connectivity index (χ0n) is 17.9. The van der Waals surface area contributed by atoms with Gasteiger partial charge in [-0.05, 0) is 67.8 Å². The van der Waals surface area contributed by atoms with E-state index in [4.69, 9.17) is 0 Å². The maximum absolute atomic E-state index is 13.5. The van der Waals surface area contributed by atoms with Gasteiger partial charge in [0.05, 0.1) is 10.4 Å². The molecule has 1 N–H and O–H groups in total. The summed E-state index contributed by atoms with van der Waals surface area (Å²) in [5, 5.41) is 12.2. The molecule has 0 aliphatic carbocycles. The van der Waals surface area contributed by atoms with Gasteiger partial charge in [-0.3, -0.25) is 0 Å². The van der Waals surface area contributed by atoms with Gasteiger partial charge in [-0.1, -0.05) is 41.6 Å². The predicted molar refractivity (Wildman–Crippen MR) is 124 cm³/mol. The van der Waals surface area contributed by atoms with Gasteiger partial charge in [0.2, 0.25) is 14.9 Å². The van der Waals surface area contributed by atoms with Gasteiger partial charge in [0.15, 0.2) is 5.65 Å². The average Bonchev–Trinajstić information content (AvgIpc) is 3.22. The number of aryl methyl sites for hydroxylation is 3. The lowest BCUT2D eigenvalue weighted by molar-refractivity contribution is 0.592. The van der Waals surface area contributed by atoms with Crippen LogP contribution in [0, 0.1) is 20.8 Å². The molecule has 8 heteroatoms. The first kappa shape index (κ1) is 20.1. The van der Waals surface area contributed by atoms with Gasteiger partial charge in [0, 0.05) is 11.1 Å². The largest absolute Gasteiger partial charge is 0.339 e. The Balaban J connectivity index is 1.75. The molecular weight excluding hydrogens is 422 g/mol. The molecule has 5 aromatic rings. The fraction of sp³-hybridized carbons (Fsp3) is 0.125. The molecule has 2 aromatic heterocycles. The molecule has 0 saturated carbocycles. The number of benzene rings is 3. The minimum atomic E-state index is -3.91. The van der Waals surface area contributed by atoms with E-state index in [0.717, 1.165) is 27.8 Å². The topological polar surface area (TPSA) is 89.2 Å². The molecule has 160 valence electrons. The molecule has 0 aliphatic heterocycles. The number of fused-ring (bicyclic) bond motifs is 3. The lowest BCUT2D eigenvalue weighted by atomic mass is 10.1. The summed E-state index contributed by atoms with van der Waals surface area (Å²) < 4.78 is 28.4. The SMILES string of the molecule is Cc1ccc(S(=O)(=O)c2nnn3c2nc(Nc2ccccc2C)c2ccccc23)cc1C. The van der Waals surface area contributed by atoms with Gasteiger partial charge in [-0.25, -0.2) is 13.4 Å². The van der Waals surface area contributed by atoms with Crippen LogP contribution < -0.4 is 5.32 Å². The van der Waals surface area contributed by atoms with Crippen molar-refractivity contribution in [3.8, 4) is 0 Å². The van der Waals surface area contributed by atoms with E-state index in [1.165, 1.54) is 4.52 Å². The van der Waals surface area contributed by atoms with Crippen molar-refractivity contribution in [1.82, 2.24) is 19.8 Å². The van der Waals surface area contributed by atoms with Gasteiger partial charge in [0.25, 0.3) is 0 Å². The molecule has 2 heterocycles. The van der Waals surface area contributed by atoms with Crippen molar-refractivity contribution in [1.29, 1.82) is 0 Å². The van der Waals surface area contributed by atoms with Crippen LogP contribution in [0.15, 0.2) is 76.7 Å². The average molecular weight is 444 g/mol. The lowest BCUT2D eigenvalue weighted by Gasteiger charge is -2.12. The number of aromatic nitrogens is 4. The number of hydrogen-bond donors (Lipinski definition) is 1. The smallest absolute Gasteiger partial charge is 0.229 e. The van der Waals surface area contributed by atoms with Gasteiger partial charge in [-0.15, -0.1) is 5.10 Å². The van der Waals surface area contributed by atoms with Crippen molar-refractivity contribution in [2.75, 3.05) is 5.32 Å². The monoisotopic (exact) mass is 443 g/mol. The quantitative estimate of drug-likeness (QED) is 0.430. The first-order valence-electron chi connectivity index (χ1n) is 10.2. The van der Waals surface area contributed by atoms with Gasteiger partial charge in [0.1, 0.15) is 5.82 Å². The van der Waals surface area contributed by atoms with Crippen LogP contribution in [-0.2, 0) is 9.84 Å². The Hall–Kier alpha value is -3.78. The van der Waals surface area contributed by atoms with E-state index >= 15 is 0 Å². The fourth-order valence-electron chi connectivity index (χ4n) is 3.65. The number of rotatable bonds is 4. The Morgan fingerprint density at radius 3 is 2.38 bits per heavy atom. The summed E-state index contributed by atoms with van der Waals surface area (Å²) in [7, 11) is -3.91. The molecule has 3 aromatic carbocycles. The molecule has 32 heavy (non-hydrogen) atoms. The minimum absolute atomic E-state index is 0.167. The second kappa shape index (κ2) is 7.42. The number of nitrogens with one attached hydrogen (secondary N) is 1. The van der Waals surface area contributed by atoms with Crippen molar-refractivity contribution >= 4 is 37.9 Å². The summed E-state index contributed by atoms with van der Waals surface area (Å²) in [5.74, 6) is 0.543. The highest BCUT2D eigenvalue weighted by molar-refractivity contribution is 7.91. The Morgan fingerprint density at radius 2 is 1.59 bits per heavy atom. The normalized spacial score (nSPS) is 11.8. The second-order valence-corrected chi connectivity index (χ2v) is 9.66. The molecule has 0 saturated heterocycles. The zero-order chi connectivity index (χ0) is 22.5. The number of nitrogens with zero attached hydrogens (tertiary/aromatic N) is 4. The van der Waals surface area contributed by atoms with Crippen molar-refractivity contribution < 1.29 is 8.42 Å². The molecule has 0 atom stereocenters. The molecule has 0 aliphatic rings. The third-order valence-electron chi connectivity index (χ3n) is 5.66. The van der Waals surface area contributed by atoms with E-state index in [1.54, 1.807) is 18.2 Å². The van der Waals surface area contributed by atoms with Crippen LogP contribution in [0.4, 0.5) is 11.5 Å². The minimum Gasteiger partial charge on any atom is -0.339 e. The molecule has 0 spiro atoms. The van der Waals surface area contributed by atoms with Crippen LogP contribution in [0.5, 0.6) is 0 Å². The zero-order valence-corrected chi connectivity index (χ0v) is 18.7. The van der Waals surface area contributed by atoms with Crippen LogP contribution >= 0.6 is 0 Å². The summed E-state index contributed by atoms with van der Waals surface area (Å²) in [4.78, 5) is 4.85. The van der Waals surface area contributed by atoms with Crippen LogP contribution in [0.1, 0.15) is 16.7 Å². The van der Waals surface area contributed by atoms with Crippen molar-refractivity contribution in [2.24, 2.45) is 0 Å². The molecule has 0 fully saturated rings. The predicted octanol–water partition coefficient (Wildman–Crippen LogP) is 4.78. The van der Waals surface area contributed by atoms with E-state index in [-0.39, 0.29) is 15.6 Å². The summed E-state index contributed by atoms with van der Waals surface area (Å²) in [6.45, 7) is 5.82. The Labute approximate surface area is 185 Å². The highest BCUT2D eigenvalue weighted by Crippen LogP contribution is 2.30. The highest BCUT2D eigenvalue weighted by atomic mass is 32.2. The summed E-state index contributed by atoms with van der Waals surface area (Å²) in [6.07, 6.45) is 0. The maximum Gasteiger partial charge on any atom is 0.229 e. The fourth-order valence-corrected chi connectivity index (χ4v) is 4.97. The standard InChI is InChI=1S/C24H21N5O2S/c1-15-12-13-18(14-17(15)3)32(30,31)24-23-26-22(25-20-10-6-4-8-16(20)2)19-9-5-7-11-21(19)29(23)28-27-24/h4-14H,1-3H3,(H,25,26). The van der Waals surface area contributed by atoms with Crippen molar-refractivity contribution in [3.63, 3.8) is 0 Å². The number of anilines is 2. The summed E-state index contributed by atoms with van der Waals surface area (Å²) >= 11 is 0. The molecule has 7 nitrogen and oxygen atoms in total. The Morgan fingerprint density at radius 1 is 0.844 bits per heavy atom. The lowest BCUT2D eigenvalue weighted by Crippen LogP contribution is -2.06. The third kappa shape index (κ3) is 3.20. The summed E-state index contributed by atoms with van der Waals surface area (Å²) in [6, 6.07) is 20.5. The number of sulfone groups is 1. The summed E-state index contributed by atoms with van der Waals surface area (Å²) in [5.41, 5.74) is 4.74. The molecule has 0 bridgehead atoms. The molecule has 0 unspecified atom stereocenters. The van der Waals surface area contributed by atoms with E-state index in [1.807, 2.05) is 69.3 Å². The molecule has 0 amide bonds. The number of hydrogen-bond acceptors (Lipinski definition) is 6. The van der Waals surface area contributed by atoms with E-state index in [9.17, 15) is 8.42 Å². The van der Waals surface area contributed by atoms with E-state index < -0.39 is 9.84 Å². The second-order valence-electron chi connectivity index (χ2n) is 7.80. The third-order valence-corrected chi connectivity index (χ3v) is 7.31. The van der Waals surface area contributed by atoms with Gasteiger partial charge < -0.3 is 5.32 Å². The Bertz CT molecular complexity index is 1610. The van der Waals surface area contributed by atoms with Crippen LogP contribution in [0.3, 0.4) is 0 Å². The first-order valence-corrected chi connectivity index (χ1v) is 11.6. The maximum atomic E-state index is 13.5. The number of para-hydroxylation sites is 2. The Kier molecular flexibility index (Phi) is 4.67. The van der Waals surface area contributed by atoms with Crippen LogP contribution in [0.2, 0.25) is 0 Å². The van der Waals surface area contributed by atoms with Crippen LogP contribution in [-0.4, -0.2) is 28.2 Å². The highest BCUT2D eigenvalue weighted by Gasteiger charge is 2.27.